The first kappa shape index (κ1) is 28.4. The Morgan fingerprint density at radius 3 is 2.14 bits per heavy atom. The van der Waals surface area contributed by atoms with E-state index < -0.39 is 17.9 Å². The number of carboxylic acids is 2. The molecule has 3 rings (SSSR count). The molecule has 0 aliphatic rings. The van der Waals surface area contributed by atoms with E-state index in [-0.39, 0.29) is 12.3 Å². The van der Waals surface area contributed by atoms with Crippen LogP contribution in [0.25, 0.3) is 0 Å². The number of hydrogen-bond acceptors (Lipinski definition) is 4. The Bertz CT molecular complexity index is 1260. The minimum absolute atomic E-state index is 0.0577. The van der Waals surface area contributed by atoms with Crippen molar-refractivity contribution >= 4 is 29.4 Å². The summed E-state index contributed by atoms with van der Waals surface area (Å²) >= 11 is 5.95. The van der Waals surface area contributed by atoms with Crippen LogP contribution in [0.1, 0.15) is 51.3 Å². The normalized spacial score (nSPS) is 11.8. The molecule has 190 valence electrons. The van der Waals surface area contributed by atoms with E-state index in [2.05, 4.69) is 11.2 Å². The Balaban J connectivity index is 0.000000261. The molecular formula is C28H31ClN2O5. The number of amidine groups is 1. The zero-order valence-corrected chi connectivity index (χ0v) is 21.3. The van der Waals surface area contributed by atoms with E-state index in [4.69, 9.17) is 27.6 Å². The summed E-state index contributed by atoms with van der Waals surface area (Å²) in [6.07, 6.45) is 1.05. The van der Waals surface area contributed by atoms with Crippen molar-refractivity contribution < 1.29 is 25.0 Å². The van der Waals surface area contributed by atoms with Gasteiger partial charge in [0.05, 0.1) is 5.92 Å². The average Bonchev–Trinajstić information content (AvgIpc) is 2.83. The van der Waals surface area contributed by atoms with Gasteiger partial charge in [-0.2, -0.15) is 0 Å². The summed E-state index contributed by atoms with van der Waals surface area (Å²) in [5.74, 6) is -2.17. The molecular weight excluding hydrogens is 480 g/mol. The fourth-order valence-corrected chi connectivity index (χ4v) is 3.91. The molecule has 0 radical (unpaired) electrons. The lowest BCUT2D eigenvalue weighted by Gasteiger charge is -2.14. The highest BCUT2D eigenvalue weighted by Crippen LogP contribution is 2.25. The lowest BCUT2D eigenvalue weighted by Crippen LogP contribution is -2.14. The Hall–Kier alpha value is -3.84. The Kier molecular flexibility index (Phi) is 10.5. The molecule has 36 heavy (non-hydrogen) atoms. The fourth-order valence-electron chi connectivity index (χ4n) is 3.71. The van der Waals surface area contributed by atoms with Crippen LogP contribution in [0.5, 0.6) is 0 Å². The third-order valence-corrected chi connectivity index (χ3v) is 6.10. The van der Waals surface area contributed by atoms with Gasteiger partial charge in [0.25, 0.3) is 0 Å². The maximum atomic E-state index is 11.5. The van der Waals surface area contributed by atoms with Crippen molar-refractivity contribution in [3.8, 4) is 0 Å². The van der Waals surface area contributed by atoms with Crippen LogP contribution in [0, 0.1) is 20.8 Å². The lowest BCUT2D eigenvalue weighted by molar-refractivity contribution is -0.139. The summed E-state index contributed by atoms with van der Waals surface area (Å²) in [4.78, 5) is 21.9. The summed E-state index contributed by atoms with van der Waals surface area (Å²) in [5, 5.41) is 30.0. The van der Waals surface area contributed by atoms with Gasteiger partial charge in [0.15, 0.2) is 5.84 Å². The zero-order valence-electron chi connectivity index (χ0n) is 20.5. The summed E-state index contributed by atoms with van der Waals surface area (Å²) in [6.45, 7) is 5.91. The van der Waals surface area contributed by atoms with Gasteiger partial charge in [-0.3, -0.25) is 9.59 Å². The van der Waals surface area contributed by atoms with Crippen LogP contribution in [-0.4, -0.2) is 33.2 Å². The second kappa shape index (κ2) is 13.3. The summed E-state index contributed by atoms with van der Waals surface area (Å²) in [6, 6.07) is 18.5. The first-order valence-electron chi connectivity index (χ1n) is 11.4. The molecule has 7 nitrogen and oxygen atoms in total. The molecule has 0 bridgehead atoms. The van der Waals surface area contributed by atoms with Crippen molar-refractivity contribution in [3.05, 3.63) is 105 Å². The van der Waals surface area contributed by atoms with Crippen LogP contribution in [0.3, 0.4) is 0 Å². The standard InChI is InChI=1S/C17H17ClO2.C11H14N2O3/c1-11-6-7-13(8-12(11)2)9-16(17(19)20)14-4-3-5-15(18)10-14;1-7-6-8(3-5-10(14)15)2-4-9(7)11(12)13-16/h3-8,10,16H,9H2,1-2H3,(H,19,20);2,4,6,16H,3,5H2,1H3,(H2,12,13)(H,14,15). The maximum Gasteiger partial charge on any atom is 0.311 e. The molecule has 0 aliphatic carbocycles. The number of nitrogens with zero attached hydrogens (tertiary/aromatic N) is 1. The van der Waals surface area contributed by atoms with E-state index >= 15 is 0 Å². The third kappa shape index (κ3) is 8.43. The van der Waals surface area contributed by atoms with Crippen LogP contribution in [0.4, 0.5) is 0 Å². The SMILES string of the molecule is Cc1cc(CCC(=O)O)ccc1/C(N)=N/O.Cc1ccc(CC(C(=O)O)c2cccc(Cl)c2)cc1C. The lowest BCUT2D eigenvalue weighted by atomic mass is 9.91. The Morgan fingerprint density at radius 1 is 0.917 bits per heavy atom. The van der Waals surface area contributed by atoms with Gasteiger partial charge in [0.2, 0.25) is 0 Å². The minimum atomic E-state index is -0.828. The third-order valence-electron chi connectivity index (χ3n) is 5.86. The molecule has 0 fully saturated rings. The highest BCUT2D eigenvalue weighted by Gasteiger charge is 2.20. The maximum absolute atomic E-state index is 11.5. The van der Waals surface area contributed by atoms with Crippen LogP contribution in [0.15, 0.2) is 65.8 Å². The van der Waals surface area contributed by atoms with Crippen molar-refractivity contribution in [1.82, 2.24) is 0 Å². The number of carboxylic acid groups (broad SMARTS) is 2. The predicted molar refractivity (Wildman–Crippen MR) is 141 cm³/mol. The van der Waals surface area contributed by atoms with Gasteiger partial charge in [0.1, 0.15) is 0 Å². The predicted octanol–water partition coefficient (Wildman–Crippen LogP) is 5.47. The highest BCUT2D eigenvalue weighted by atomic mass is 35.5. The monoisotopic (exact) mass is 510 g/mol. The van der Waals surface area contributed by atoms with E-state index in [1.807, 2.05) is 45.0 Å². The van der Waals surface area contributed by atoms with Gasteiger partial charge < -0.3 is 21.2 Å². The van der Waals surface area contributed by atoms with Crippen LogP contribution < -0.4 is 5.73 Å². The van der Waals surface area contributed by atoms with E-state index in [0.717, 1.165) is 22.3 Å². The molecule has 1 unspecified atom stereocenters. The summed E-state index contributed by atoms with van der Waals surface area (Å²) in [5.41, 5.74) is 12.1. The molecule has 0 saturated carbocycles. The highest BCUT2D eigenvalue weighted by molar-refractivity contribution is 6.30. The number of hydrogen-bond donors (Lipinski definition) is 4. The summed E-state index contributed by atoms with van der Waals surface area (Å²) in [7, 11) is 0. The molecule has 0 heterocycles. The van der Waals surface area contributed by atoms with Crippen molar-refractivity contribution in [2.45, 2.75) is 46.0 Å². The number of benzene rings is 3. The quantitative estimate of drug-likeness (QED) is 0.137. The molecule has 5 N–H and O–H groups in total. The van der Waals surface area contributed by atoms with Crippen LogP contribution in [-0.2, 0) is 22.4 Å². The molecule has 0 spiro atoms. The van der Waals surface area contributed by atoms with Crippen molar-refractivity contribution in [2.75, 3.05) is 0 Å². The van der Waals surface area contributed by atoms with Crippen molar-refractivity contribution in [1.29, 1.82) is 0 Å². The van der Waals surface area contributed by atoms with Crippen LogP contribution in [0.2, 0.25) is 5.02 Å². The number of nitrogens with two attached hydrogens (primary N) is 1. The first-order valence-corrected chi connectivity index (χ1v) is 11.7. The molecule has 0 aromatic heterocycles. The van der Waals surface area contributed by atoms with E-state index in [0.29, 0.717) is 23.4 Å². The van der Waals surface area contributed by atoms with Crippen LogP contribution >= 0.6 is 11.6 Å². The van der Waals surface area contributed by atoms with Crippen molar-refractivity contribution in [3.63, 3.8) is 0 Å². The number of carbonyl (C=O) groups is 2. The first-order chi connectivity index (χ1) is 17.0. The molecule has 3 aromatic carbocycles. The van der Waals surface area contributed by atoms with E-state index in [1.54, 1.807) is 30.3 Å². The molecule has 0 aliphatic heterocycles. The topological polar surface area (TPSA) is 133 Å². The summed E-state index contributed by atoms with van der Waals surface area (Å²) < 4.78 is 0. The van der Waals surface area contributed by atoms with Crippen molar-refractivity contribution in [2.24, 2.45) is 10.9 Å². The zero-order chi connectivity index (χ0) is 26.8. The molecule has 0 amide bonds. The van der Waals surface area contributed by atoms with Gasteiger partial charge >= 0.3 is 11.9 Å². The van der Waals surface area contributed by atoms with Gasteiger partial charge in [-0.15, -0.1) is 0 Å². The number of halogens is 1. The molecule has 1 atom stereocenters. The Morgan fingerprint density at radius 2 is 1.58 bits per heavy atom. The van der Waals surface area contributed by atoms with E-state index in [9.17, 15) is 14.7 Å². The second-order valence-corrected chi connectivity index (χ2v) is 9.03. The largest absolute Gasteiger partial charge is 0.481 e. The smallest absolute Gasteiger partial charge is 0.311 e. The number of aliphatic carboxylic acids is 2. The number of oxime groups is 1. The molecule has 0 saturated heterocycles. The minimum Gasteiger partial charge on any atom is -0.481 e. The number of aryl methyl sites for hydroxylation is 4. The average molecular weight is 511 g/mol. The second-order valence-electron chi connectivity index (χ2n) is 8.60. The van der Waals surface area contributed by atoms with Gasteiger partial charge in [-0.1, -0.05) is 65.3 Å². The number of rotatable bonds is 8. The Labute approximate surface area is 215 Å². The molecule has 8 heteroatoms. The fraction of sp³-hybridized carbons (Fsp3) is 0.250. The van der Waals surface area contributed by atoms with Gasteiger partial charge in [-0.05, 0) is 79.1 Å². The molecule has 3 aromatic rings. The van der Waals surface area contributed by atoms with Gasteiger partial charge in [-0.25, -0.2) is 0 Å². The van der Waals surface area contributed by atoms with Gasteiger partial charge in [0, 0.05) is 17.0 Å². The van der Waals surface area contributed by atoms with E-state index in [1.165, 1.54) is 11.1 Å².